The minimum atomic E-state index is 0.01000. The molecule has 20 heavy (non-hydrogen) atoms. The van der Waals surface area contributed by atoms with Gasteiger partial charge < -0.3 is 0 Å². The SMILES string of the molecule is N#C[Se]C[C@@H]1Cc2ccc(Oc3ccccc3)cc2O1. The predicted molar refractivity (Wildman–Crippen MR) is 77.3 cm³/mol. The Kier molecular flexibility index (Phi) is 3.92. The number of para-hydroxylation sites is 1. The van der Waals surface area contributed by atoms with Crippen molar-refractivity contribution >= 4 is 15.0 Å². The Morgan fingerprint density at radius 2 is 2.05 bits per heavy atom. The summed E-state index contributed by atoms with van der Waals surface area (Å²) in [7, 11) is 0. The van der Waals surface area contributed by atoms with Crippen LogP contribution in [0.15, 0.2) is 48.5 Å². The van der Waals surface area contributed by atoms with E-state index >= 15 is 0 Å². The number of rotatable bonds is 4. The summed E-state index contributed by atoms with van der Waals surface area (Å²) in [4.78, 5) is 2.22. The van der Waals surface area contributed by atoms with Crippen molar-refractivity contribution in [2.75, 3.05) is 0 Å². The Bertz CT molecular complexity index is 637. The third-order valence-corrected chi connectivity index (χ3v) is 4.49. The number of benzene rings is 2. The van der Waals surface area contributed by atoms with E-state index in [-0.39, 0.29) is 21.1 Å². The average Bonchev–Trinajstić information content (AvgIpc) is 2.88. The van der Waals surface area contributed by atoms with Crippen molar-refractivity contribution in [3.05, 3.63) is 54.1 Å². The molecule has 4 heteroatoms. The quantitative estimate of drug-likeness (QED) is 0.807. The van der Waals surface area contributed by atoms with Crippen LogP contribution >= 0.6 is 0 Å². The van der Waals surface area contributed by atoms with Gasteiger partial charge in [-0.1, -0.05) is 0 Å². The van der Waals surface area contributed by atoms with Gasteiger partial charge in [0.2, 0.25) is 0 Å². The summed E-state index contributed by atoms with van der Waals surface area (Å²) in [5.41, 5.74) is 1.20. The first kappa shape index (κ1) is 13.1. The third kappa shape index (κ3) is 2.96. The molecular weight excluding hydrogens is 317 g/mol. The van der Waals surface area contributed by atoms with E-state index in [1.165, 1.54) is 5.56 Å². The fourth-order valence-electron chi connectivity index (χ4n) is 2.19. The molecule has 3 rings (SSSR count). The Labute approximate surface area is 124 Å². The van der Waals surface area contributed by atoms with Gasteiger partial charge >= 0.3 is 124 Å². The molecule has 0 N–H and O–H groups in total. The molecule has 0 aliphatic carbocycles. The van der Waals surface area contributed by atoms with Crippen LogP contribution in [0, 0.1) is 10.2 Å². The van der Waals surface area contributed by atoms with Crippen molar-refractivity contribution in [2.24, 2.45) is 0 Å². The molecule has 0 unspecified atom stereocenters. The monoisotopic (exact) mass is 331 g/mol. The van der Waals surface area contributed by atoms with Crippen molar-refractivity contribution in [1.82, 2.24) is 0 Å². The van der Waals surface area contributed by atoms with Crippen molar-refractivity contribution in [1.29, 1.82) is 5.26 Å². The van der Waals surface area contributed by atoms with Crippen LogP contribution in [0.4, 0.5) is 0 Å². The second-order valence-corrected chi connectivity index (χ2v) is 6.22. The third-order valence-electron chi connectivity index (χ3n) is 3.09. The van der Waals surface area contributed by atoms with Gasteiger partial charge in [0, 0.05) is 0 Å². The molecule has 3 nitrogen and oxygen atoms in total. The molecule has 100 valence electrons. The van der Waals surface area contributed by atoms with E-state index in [1.807, 2.05) is 48.5 Å². The molecule has 2 aromatic carbocycles. The first-order chi connectivity index (χ1) is 9.85. The van der Waals surface area contributed by atoms with Gasteiger partial charge in [-0.15, -0.1) is 0 Å². The Hall–Kier alpha value is -1.95. The van der Waals surface area contributed by atoms with Crippen molar-refractivity contribution in [3.63, 3.8) is 0 Å². The molecule has 0 fully saturated rings. The van der Waals surface area contributed by atoms with Crippen LogP contribution in [0.5, 0.6) is 17.2 Å². The zero-order valence-corrected chi connectivity index (χ0v) is 12.5. The molecule has 1 atom stereocenters. The molecule has 0 bridgehead atoms. The van der Waals surface area contributed by atoms with Gasteiger partial charge in [0.15, 0.2) is 0 Å². The molecule has 1 heterocycles. The number of nitrogens with zero attached hydrogens (tertiary/aromatic N) is 1. The maximum absolute atomic E-state index is 8.65. The summed E-state index contributed by atoms with van der Waals surface area (Å²) in [6, 6.07) is 15.6. The molecule has 0 saturated heterocycles. The van der Waals surface area contributed by atoms with E-state index in [4.69, 9.17) is 14.7 Å². The van der Waals surface area contributed by atoms with E-state index in [2.05, 4.69) is 4.97 Å². The van der Waals surface area contributed by atoms with Crippen molar-refractivity contribution in [2.45, 2.75) is 17.8 Å². The van der Waals surface area contributed by atoms with Gasteiger partial charge in [0.25, 0.3) is 0 Å². The molecule has 0 radical (unpaired) electrons. The number of fused-ring (bicyclic) bond motifs is 1. The second kappa shape index (κ2) is 6.00. The summed E-state index contributed by atoms with van der Waals surface area (Å²) in [5, 5.41) is 9.49. The van der Waals surface area contributed by atoms with Gasteiger partial charge in [-0.2, -0.15) is 0 Å². The van der Waals surface area contributed by atoms with Crippen molar-refractivity contribution in [3.8, 4) is 22.2 Å². The van der Waals surface area contributed by atoms with Crippen LogP contribution < -0.4 is 9.47 Å². The summed E-state index contributed by atoms with van der Waals surface area (Å²) < 4.78 is 11.7. The van der Waals surface area contributed by atoms with E-state index in [1.54, 1.807) is 0 Å². The molecule has 0 saturated carbocycles. The molecule has 1 aliphatic rings. The van der Waals surface area contributed by atoms with Crippen LogP contribution in [-0.2, 0) is 6.42 Å². The molecular formula is C16H13NO2Se. The van der Waals surface area contributed by atoms with Crippen LogP contribution in [-0.4, -0.2) is 21.1 Å². The number of hydrogen-bond donors (Lipinski definition) is 0. The molecule has 1 aliphatic heterocycles. The van der Waals surface area contributed by atoms with E-state index in [9.17, 15) is 0 Å². The zero-order chi connectivity index (χ0) is 13.8. The number of nitriles is 1. The van der Waals surface area contributed by atoms with Gasteiger partial charge in [-0.3, -0.25) is 0 Å². The number of hydrogen-bond acceptors (Lipinski definition) is 3. The van der Waals surface area contributed by atoms with Crippen LogP contribution in [0.2, 0.25) is 5.32 Å². The number of ether oxygens (including phenoxy) is 2. The average molecular weight is 330 g/mol. The second-order valence-electron chi connectivity index (χ2n) is 4.53. The molecule has 0 aromatic heterocycles. The first-order valence-electron chi connectivity index (χ1n) is 6.38. The standard InChI is InChI=1S/C16H13NO2Se/c17-11-20-10-15-8-12-6-7-14(9-16(12)19-15)18-13-4-2-1-3-5-13/h1-7,9,15H,8,10H2/t15-/m0/s1. The molecule has 0 spiro atoms. The topological polar surface area (TPSA) is 42.2 Å². The van der Waals surface area contributed by atoms with Crippen LogP contribution in [0.1, 0.15) is 5.56 Å². The van der Waals surface area contributed by atoms with E-state index in [0.29, 0.717) is 0 Å². The predicted octanol–water partition coefficient (Wildman–Crippen LogP) is 3.39. The van der Waals surface area contributed by atoms with Gasteiger partial charge in [0.05, 0.1) is 0 Å². The summed E-state index contributed by atoms with van der Waals surface area (Å²) >= 11 is 0.01000. The maximum atomic E-state index is 8.65. The first-order valence-corrected chi connectivity index (χ1v) is 8.45. The van der Waals surface area contributed by atoms with Crippen molar-refractivity contribution < 1.29 is 9.47 Å². The Balaban J connectivity index is 1.71. The molecule has 2 aromatic rings. The van der Waals surface area contributed by atoms with Gasteiger partial charge in [-0.25, -0.2) is 0 Å². The fourth-order valence-corrected chi connectivity index (χ4v) is 3.13. The van der Waals surface area contributed by atoms with Gasteiger partial charge in [-0.05, 0) is 0 Å². The summed E-state index contributed by atoms with van der Waals surface area (Å²) in [5.74, 6) is 2.48. The summed E-state index contributed by atoms with van der Waals surface area (Å²) in [6.07, 6.45) is 1.04. The Morgan fingerprint density at radius 1 is 1.20 bits per heavy atom. The van der Waals surface area contributed by atoms with E-state index < -0.39 is 0 Å². The Morgan fingerprint density at radius 3 is 2.85 bits per heavy atom. The van der Waals surface area contributed by atoms with Crippen LogP contribution in [0.3, 0.4) is 0 Å². The minimum absolute atomic E-state index is 0.01000. The van der Waals surface area contributed by atoms with E-state index in [0.717, 1.165) is 29.0 Å². The summed E-state index contributed by atoms with van der Waals surface area (Å²) in [6.45, 7) is 0. The normalized spacial score (nSPS) is 16.1. The van der Waals surface area contributed by atoms with Gasteiger partial charge in [0.1, 0.15) is 0 Å². The fraction of sp³-hybridized carbons (Fsp3) is 0.188. The zero-order valence-electron chi connectivity index (χ0n) is 10.8. The van der Waals surface area contributed by atoms with Crippen LogP contribution in [0.25, 0.3) is 0 Å². The molecule has 0 amide bonds.